The zero-order valence-corrected chi connectivity index (χ0v) is 11.8. The van der Waals surface area contributed by atoms with Crippen LogP contribution in [0.2, 0.25) is 0 Å². The molecule has 1 rings (SSSR count). The van der Waals surface area contributed by atoms with Crippen LogP contribution in [0.15, 0.2) is 24.3 Å². The molecule has 0 aliphatic carbocycles. The van der Waals surface area contributed by atoms with Gasteiger partial charge < -0.3 is 16.2 Å². The minimum atomic E-state index is -0.397. The fraction of sp³-hybridized carbons (Fsp3) is 0.533. The van der Waals surface area contributed by atoms with Crippen molar-refractivity contribution in [3.63, 3.8) is 0 Å². The van der Waals surface area contributed by atoms with Crippen LogP contribution in [-0.2, 0) is 6.54 Å². The number of hydrogen-bond donors (Lipinski definition) is 3. The van der Waals surface area contributed by atoms with E-state index in [0.29, 0.717) is 5.56 Å². The Balaban J connectivity index is 2.30. The number of primary amides is 1. The van der Waals surface area contributed by atoms with Gasteiger partial charge in [-0.2, -0.15) is 0 Å². The summed E-state index contributed by atoms with van der Waals surface area (Å²) in [5.74, 6) is -0.397. The molecule has 0 atom stereocenters. The molecule has 0 heterocycles. The number of carbonyl (C=O) groups is 1. The van der Waals surface area contributed by atoms with Crippen molar-refractivity contribution in [2.75, 3.05) is 13.2 Å². The molecule has 0 aliphatic heterocycles. The van der Waals surface area contributed by atoms with Crippen LogP contribution >= 0.6 is 0 Å². The number of hydrogen-bond acceptors (Lipinski definition) is 3. The van der Waals surface area contributed by atoms with E-state index in [9.17, 15) is 4.79 Å². The summed E-state index contributed by atoms with van der Waals surface area (Å²) in [5.41, 5.74) is 6.83. The largest absolute Gasteiger partial charge is 0.396 e. The highest BCUT2D eigenvalue weighted by atomic mass is 16.3. The molecule has 0 aromatic heterocycles. The number of amides is 1. The van der Waals surface area contributed by atoms with Gasteiger partial charge in [0.05, 0.1) is 0 Å². The lowest BCUT2D eigenvalue weighted by Crippen LogP contribution is -2.21. The van der Waals surface area contributed by atoms with E-state index in [2.05, 4.69) is 19.2 Å². The van der Waals surface area contributed by atoms with Crippen LogP contribution in [0.5, 0.6) is 0 Å². The van der Waals surface area contributed by atoms with Crippen molar-refractivity contribution in [3.05, 3.63) is 35.4 Å². The molecule has 0 saturated carbocycles. The van der Waals surface area contributed by atoms with E-state index in [1.807, 2.05) is 18.2 Å². The number of benzene rings is 1. The third-order valence-electron chi connectivity index (χ3n) is 3.18. The number of nitrogens with one attached hydrogen (secondary N) is 1. The van der Waals surface area contributed by atoms with E-state index < -0.39 is 5.91 Å². The van der Waals surface area contributed by atoms with Gasteiger partial charge in [-0.15, -0.1) is 0 Å². The molecule has 0 spiro atoms. The van der Waals surface area contributed by atoms with Gasteiger partial charge >= 0.3 is 0 Å². The number of aliphatic hydroxyl groups excluding tert-OH is 1. The van der Waals surface area contributed by atoms with E-state index in [1.165, 1.54) is 0 Å². The van der Waals surface area contributed by atoms with E-state index in [4.69, 9.17) is 10.8 Å². The Bertz CT molecular complexity index is 416. The summed E-state index contributed by atoms with van der Waals surface area (Å²) in [4.78, 5) is 11.1. The van der Waals surface area contributed by atoms with Crippen molar-refractivity contribution >= 4 is 5.91 Å². The Labute approximate surface area is 115 Å². The third kappa shape index (κ3) is 5.85. The molecule has 0 unspecified atom stereocenters. The van der Waals surface area contributed by atoms with E-state index >= 15 is 0 Å². The fourth-order valence-corrected chi connectivity index (χ4v) is 1.84. The summed E-state index contributed by atoms with van der Waals surface area (Å²) in [5, 5.41) is 12.5. The van der Waals surface area contributed by atoms with Gasteiger partial charge in [0.25, 0.3) is 0 Å². The quantitative estimate of drug-likeness (QED) is 0.625. The van der Waals surface area contributed by atoms with Crippen LogP contribution in [0.1, 0.15) is 42.6 Å². The minimum absolute atomic E-state index is 0.00638. The minimum Gasteiger partial charge on any atom is -0.396 e. The highest BCUT2D eigenvalue weighted by Crippen LogP contribution is 2.20. The van der Waals surface area contributed by atoms with Crippen LogP contribution in [0.3, 0.4) is 0 Å². The van der Waals surface area contributed by atoms with Crippen molar-refractivity contribution in [2.45, 2.75) is 33.2 Å². The molecule has 19 heavy (non-hydrogen) atoms. The van der Waals surface area contributed by atoms with Gasteiger partial charge in [-0.1, -0.05) is 26.0 Å². The lowest BCUT2D eigenvalue weighted by atomic mass is 9.89. The third-order valence-corrected chi connectivity index (χ3v) is 3.18. The van der Waals surface area contributed by atoms with E-state index in [0.717, 1.165) is 31.5 Å². The Morgan fingerprint density at radius 2 is 2.16 bits per heavy atom. The predicted molar refractivity (Wildman–Crippen MR) is 76.8 cm³/mol. The van der Waals surface area contributed by atoms with Crippen LogP contribution in [0.4, 0.5) is 0 Å². The lowest BCUT2D eigenvalue weighted by Gasteiger charge is -2.21. The molecule has 106 valence electrons. The Morgan fingerprint density at radius 1 is 1.42 bits per heavy atom. The van der Waals surface area contributed by atoms with Gasteiger partial charge in [0.15, 0.2) is 0 Å². The van der Waals surface area contributed by atoms with Gasteiger partial charge in [-0.05, 0) is 42.5 Å². The topological polar surface area (TPSA) is 75.3 Å². The standard InChI is InChI=1S/C15H24N2O2/c1-15(2,11-18)7-4-8-17-10-12-5-3-6-13(9-12)14(16)19/h3,5-6,9,17-18H,4,7-8,10-11H2,1-2H3,(H2,16,19). The fourth-order valence-electron chi connectivity index (χ4n) is 1.84. The maximum atomic E-state index is 11.1. The normalized spacial score (nSPS) is 11.5. The highest BCUT2D eigenvalue weighted by molar-refractivity contribution is 5.92. The second kappa shape index (κ2) is 7.26. The van der Waals surface area contributed by atoms with Gasteiger partial charge in [0.2, 0.25) is 5.91 Å². The monoisotopic (exact) mass is 264 g/mol. The Kier molecular flexibility index (Phi) is 5.99. The average molecular weight is 264 g/mol. The molecule has 0 radical (unpaired) electrons. The van der Waals surface area contributed by atoms with Gasteiger partial charge in [0.1, 0.15) is 0 Å². The summed E-state index contributed by atoms with van der Waals surface area (Å²) >= 11 is 0. The molecule has 4 N–H and O–H groups in total. The van der Waals surface area contributed by atoms with Gasteiger partial charge in [-0.25, -0.2) is 0 Å². The summed E-state index contributed by atoms with van der Waals surface area (Å²) in [6.07, 6.45) is 2.00. The average Bonchev–Trinajstić information content (AvgIpc) is 2.38. The lowest BCUT2D eigenvalue weighted by molar-refractivity contribution is 0.1000. The second-order valence-corrected chi connectivity index (χ2v) is 5.67. The molecule has 0 saturated heterocycles. The zero-order chi connectivity index (χ0) is 14.3. The summed E-state index contributed by atoms with van der Waals surface area (Å²) in [6.45, 7) is 5.95. The molecule has 4 nitrogen and oxygen atoms in total. The highest BCUT2D eigenvalue weighted by Gasteiger charge is 2.15. The zero-order valence-electron chi connectivity index (χ0n) is 11.8. The van der Waals surface area contributed by atoms with Crippen molar-refractivity contribution < 1.29 is 9.90 Å². The van der Waals surface area contributed by atoms with E-state index in [1.54, 1.807) is 6.07 Å². The van der Waals surface area contributed by atoms with Crippen molar-refractivity contribution in [2.24, 2.45) is 11.1 Å². The number of aliphatic hydroxyl groups is 1. The van der Waals surface area contributed by atoms with Crippen molar-refractivity contribution in [1.29, 1.82) is 0 Å². The van der Waals surface area contributed by atoms with Gasteiger partial charge in [-0.3, -0.25) is 4.79 Å². The summed E-state index contributed by atoms with van der Waals surface area (Å²) in [6, 6.07) is 7.34. The molecule has 0 aliphatic rings. The Morgan fingerprint density at radius 3 is 2.79 bits per heavy atom. The van der Waals surface area contributed by atoms with Crippen molar-refractivity contribution in [3.8, 4) is 0 Å². The summed E-state index contributed by atoms with van der Waals surface area (Å²) < 4.78 is 0. The maximum Gasteiger partial charge on any atom is 0.248 e. The number of carbonyl (C=O) groups excluding carboxylic acids is 1. The smallest absolute Gasteiger partial charge is 0.248 e. The first kappa shape index (κ1) is 15.7. The SMILES string of the molecule is CC(C)(CO)CCCNCc1cccc(C(N)=O)c1. The van der Waals surface area contributed by atoms with Crippen molar-refractivity contribution in [1.82, 2.24) is 5.32 Å². The van der Waals surface area contributed by atoms with Crippen LogP contribution in [0.25, 0.3) is 0 Å². The molecule has 1 aromatic rings. The molecule has 4 heteroatoms. The first-order chi connectivity index (χ1) is 8.94. The van der Waals surface area contributed by atoms with Gasteiger partial charge in [0, 0.05) is 18.7 Å². The maximum absolute atomic E-state index is 11.1. The molecule has 1 amide bonds. The molecule has 0 fully saturated rings. The molecular formula is C15H24N2O2. The Hall–Kier alpha value is -1.39. The number of nitrogens with two attached hydrogens (primary N) is 1. The van der Waals surface area contributed by atoms with Crippen LogP contribution < -0.4 is 11.1 Å². The first-order valence-corrected chi connectivity index (χ1v) is 6.65. The molecular weight excluding hydrogens is 240 g/mol. The molecule has 0 bridgehead atoms. The van der Waals surface area contributed by atoms with Crippen LogP contribution in [-0.4, -0.2) is 24.2 Å². The number of rotatable bonds is 8. The second-order valence-electron chi connectivity index (χ2n) is 5.67. The summed E-state index contributed by atoms with van der Waals surface area (Å²) in [7, 11) is 0. The van der Waals surface area contributed by atoms with E-state index in [-0.39, 0.29) is 12.0 Å². The first-order valence-electron chi connectivity index (χ1n) is 6.65. The predicted octanol–water partition coefficient (Wildman–Crippen LogP) is 1.67. The van der Waals surface area contributed by atoms with Crippen LogP contribution in [0, 0.1) is 5.41 Å². The molecule has 1 aromatic carbocycles.